The van der Waals surface area contributed by atoms with Gasteiger partial charge in [-0.3, -0.25) is 19.3 Å². The highest BCUT2D eigenvalue weighted by atomic mass is 16.5. The van der Waals surface area contributed by atoms with E-state index < -0.39 is 36.3 Å². The number of hydrogen-bond donors (Lipinski definition) is 1. The van der Waals surface area contributed by atoms with Crippen molar-refractivity contribution in [1.82, 2.24) is 4.90 Å². The molecule has 1 N–H and O–H groups in total. The molecule has 8 nitrogen and oxygen atoms in total. The monoisotopic (exact) mass is 419 g/mol. The standard InChI is InChI=1S/C23H21N3O5/c1-14(2)10-19(26-21(28)17-8-3-4-9-18(17)22(26)29)23(30)31-13-20(27)25-16-7-5-6-15(11-16)12-24/h3-9,11,14,19H,10,13H2,1-2H3,(H,25,27)/t19-/m1/s1. The van der Waals surface area contributed by atoms with Gasteiger partial charge in [0.15, 0.2) is 6.61 Å². The minimum atomic E-state index is -1.14. The molecule has 8 heteroatoms. The van der Waals surface area contributed by atoms with Crippen molar-refractivity contribution in [1.29, 1.82) is 5.26 Å². The Bertz CT molecular complexity index is 1050. The molecule has 2 aromatic carbocycles. The molecule has 0 spiro atoms. The lowest BCUT2D eigenvalue weighted by Crippen LogP contribution is -2.46. The molecular weight excluding hydrogens is 398 g/mol. The number of imide groups is 1. The number of anilines is 1. The number of ether oxygens (including phenoxy) is 1. The third-order valence-corrected chi connectivity index (χ3v) is 4.72. The number of fused-ring (bicyclic) bond motifs is 1. The number of nitrogens with zero attached hydrogens (tertiary/aromatic N) is 2. The zero-order valence-electron chi connectivity index (χ0n) is 17.1. The van der Waals surface area contributed by atoms with Gasteiger partial charge in [-0.05, 0) is 42.7 Å². The molecule has 0 saturated carbocycles. The number of amides is 3. The van der Waals surface area contributed by atoms with Crippen LogP contribution in [0.2, 0.25) is 0 Å². The van der Waals surface area contributed by atoms with E-state index >= 15 is 0 Å². The van der Waals surface area contributed by atoms with Crippen molar-refractivity contribution in [3.05, 3.63) is 65.2 Å². The Morgan fingerprint density at radius 3 is 2.29 bits per heavy atom. The third kappa shape index (κ3) is 4.78. The summed E-state index contributed by atoms with van der Waals surface area (Å²) in [4.78, 5) is 51.4. The highest BCUT2D eigenvalue weighted by Gasteiger charge is 2.43. The average Bonchev–Trinajstić information content (AvgIpc) is 3.01. The van der Waals surface area contributed by atoms with Crippen LogP contribution >= 0.6 is 0 Å². The molecule has 1 heterocycles. The molecule has 0 unspecified atom stereocenters. The zero-order chi connectivity index (χ0) is 22.5. The van der Waals surface area contributed by atoms with E-state index in [1.807, 2.05) is 19.9 Å². The van der Waals surface area contributed by atoms with Crippen molar-refractivity contribution < 1.29 is 23.9 Å². The lowest BCUT2D eigenvalue weighted by Gasteiger charge is -2.25. The molecule has 0 fully saturated rings. The van der Waals surface area contributed by atoms with E-state index in [4.69, 9.17) is 10.00 Å². The van der Waals surface area contributed by atoms with Gasteiger partial charge in [0.1, 0.15) is 6.04 Å². The maximum absolute atomic E-state index is 12.8. The summed E-state index contributed by atoms with van der Waals surface area (Å²) >= 11 is 0. The fourth-order valence-electron chi connectivity index (χ4n) is 3.34. The number of esters is 1. The molecule has 0 radical (unpaired) electrons. The summed E-state index contributed by atoms with van der Waals surface area (Å²) in [6.07, 6.45) is 0.204. The predicted molar refractivity (Wildman–Crippen MR) is 111 cm³/mol. The molecule has 3 amide bonds. The number of nitriles is 1. The fraction of sp³-hybridized carbons (Fsp3) is 0.261. The van der Waals surface area contributed by atoms with Crippen LogP contribution in [0.5, 0.6) is 0 Å². The summed E-state index contributed by atoms with van der Waals surface area (Å²) < 4.78 is 5.14. The zero-order valence-corrected chi connectivity index (χ0v) is 17.1. The first-order valence-electron chi connectivity index (χ1n) is 9.75. The van der Waals surface area contributed by atoms with Crippen molar-refractivity contribution in [2.24, 2.45) is 5.92 Å². The van der Waals surface area contributed by atoms with Crippen LogP contribution in [0.15, 0.2) is 48.5 Å². The Kier molecular flexibility index (Phi) is 6.46. The molecule has 0 saturated heterocycles. The van der Waals surface area contributed by atoms with E-state index in [1.54, 1.807) is 30.3 Å². The first kappa shape index (κ1) is 21.7. The summed E-state index contributed by atoms with van der Waals surface area (Å²) in [7, 11) is 0. The number of rotatable bonds is 7. The second kappa shape index (κ2) is 9.22. The summed E-state index contributed by atoms with van der Waals surface area (Å²) in [6, 6.07) is 13.5. The summed E-state index contributed by atoms with van der Waals surface area (Å²) in [6.45, 7) is 3.12. The maximum atomic E-state index is 12.8. The predicted octanol–water partition coefficient (Wildman–Crippen LogP) is 2.75. The van der Waals surface area contributed by atoms with Crippen molar-refractivity contribution in [2.75, 3.05) is 11.9 Å². The van der Waals surface area contributed by atoms with Gasteiger partial charge < -0.3 is 10.1 Å². The second-order valence-corrected chi connectivity index (χ2v) is 7.52. The quantitative estimate of drug-likeness (QED) is 0.545. The van der Waals surface area contributed by atoms with E-state index in [0.29, 0.717) is 11.3 Å². The highest BCUT2D eigenvalue weighted by molar-refractivity contribution is 6.22. The Morgan fingerprint density at radius 1 is 1.06 bits per heavy atom. The van der Waals surface area contributed by atoms with Crippen LogP contribution in [0.1, 0.15) is 46.5 Å². The number of benzene rings is 2. The molecule has 1 aliphatic heterocycles. The molecule has 0 aliphatic carbocycles. The molecule has 1 aliphatic rings. The first-order valence-corrected chi connectivity index (χ1v) is 9.75. The van der Waals surface area contributed by atoms with Crippen LogP contribution in [0.4, 0.5) is 5.69 Å². The van der Waals surface area contributed by atoms with Crippen LogP contribution in [-0.2, 0) is 14.3 Å². The second-order valence-electron chi connectivity index (χ2n) is 7.52. The van der Waals surface area contributed by atoms with Crippen molar-refractivity contribution in [3.8, 4) is 6.07 Å². The van der Waals surface area contributed by atoms with Gasteiger partial charge in [0.2, 0.25) is 0 Å². The number of carbonyl (C=O) groups is 4. The Morgan fingerprint density at radius 2 is 1.71 bits per heavy atom. The van der Waals surface area contributed by atoms with Gasteiger partial charge in [-0.25, -0.2) is 4.79 Å². The topological polar surface area (TPSA) is 117 Å². The average molecular weight is 419 g/mol. The minimum absolute atomic E-state index is 0.00981. The van der Waals surface area contributed by atoms with Gasteiger partial charge in [-0.1, -0.05) is 32.0 Å². The van der Waals surface area contributed by atoms with E-state index in [2.05, 4.69) is 5.32 Å². The van der Waals surface area contributed by atoms with Gasteiger partial charge in [0, 0.05) is 5.69 Å². The Balaban J connectivity index is 1.69. The first-order chi connectivity index (χ1) is 14.8. The van der Waals surface area contributed by atoms with E-state index in [-0.39, 0.29) is 23.5 Å². The Hall–Kier alpha value is -3.99. The Labute approximate surface area is 179 Å². The van der Waals surface area contributed by atoms with Gasteiger partial charge in [-0.2, -0.15) is 5.26 Å². The van der Waals surface area contributed by atoms with Crippen LogP contribution < -0.4 is 5.32 Å². The molecule has 31 heavy (non-hydrogen) atoms. The van der Waals surface area contributed by atoms with Crippen LogP contribution in [0.3, 0.4) is 0 Å². The van der Waals surface area contributed by atoms with Gasteiger partial charge in [0.25, 0.3) is 17.7 Å². The molecule has 0 bridgehead atoms. The summed E-state index contributed by atoms with van der Waals surface area (Å²) in [5.74, 6) is -2.55. The number of nitrogens with one attached hydrogen (secondary N) is 1. The lowest BCUT2D eigenvalue weighted by molar-refractivity contribution is -0.151. The van der Waals surface area contributed by atoms with Crippen LogP contribution in [0.25, 0.3) is 0 Å². The number of hydrogen-bond acceptors (Lipinski definition) is 6. The lowest BCUT2D eigenvalue weighted by atomic mass is 10.0. The molecule has 2 aromatic rings. The van der Waals surface area contributed by atoms with Crippen molar-refractivity contribution in [2.45, 2.75) is 26.3 Å². The van der Waals surface area contributed by atoms with Gasteiger partial charge in [-0.15, -0.1) is 0 Å². The van der Waals surface area contributed by atoms with Gasteiger partial charge >= 0.3 is 5.97 Å². The third-order valence-electron chi connectivity index (χ3n) is 4.72. The number of carbonyl (C=O) groups excluding carboxylic acids is 4. The smallest absolute Gasteiger partial charge is 0.329 e. The summed E-state index contributed by atoms with van der Waals surface area (Å²) in [5, 5.41) is 11.5. The summed E-state index contributed by atoms with van der Waals surface area (Å²) in [5.41, 5.74) is 1.24. The van der Waals surface area contributed by atoms with Gasteiger partial charge in [0.05, 0.1) is 22.8 Å². The van der Waals surface area contributed by atoms with Crippen molar-refractivity contribution in [3.63, 3.8) is 0 Å². The molecule has 3 rings (SSSR count). The molecule has 158 valence electrons. The molecule has 1 atom stereocenters. The SMILES string of the molecule is CC(C)C[C@H](C(=O)OCC(=O)Nc1cccc(C#N)c1)N1C(=O)c2ccccc2C1=O. The fourth-order valence-corrected chi connectivity index (χ4v) is 3.34. The van der Waals surface area contributed by atoms with E-state index in [1.165, 1.54) is 18.2 Å². The van der Waals surface area contributed by atoms with Crippen LogP contribution in [-0.4, -0.2) is 41.2 Å². The van der Waals surface area contributed by atoms with Crippen molar-refractivity contribution >= 4 is 29.4 Å². The normalized spacial score (nSPS) is 13.5. The minimum Gasteiger partial charge on any atom is -0.454 e. The molecule has 0 aromatic heterocycles. The van der Waals surface area contributed by atoms with Crippen LogP contribution in [0, 0.1) is 17.2 Å². The largest absolute Gasteiger partial charge is 0.454 e. The maximum Gasteiger partial charge on any atom is 0.329 e. The molecular formula is C23H21N3O5. The highest BCUT2D eigenvalue weighted by Crippen LogP contribution is 2.27. The van der Waals surface area contributed by atoms with E-state index in [0.717, 1.165) is 4.90 Å². The van der Waals surface area contributed by atoms with E-state index in [9.17, 15) is 19.2 Å².